The number of aromatic nitrogens is 4. The van der Waals surface area contributed by atoms with Gasteiger partial charge in [-0.3, -0.25) is 9.89 Å². The Morgan fingerprint density at radius 1 is 1.22 bits per heavy atom. The van der Waals surface area contributed by atoms with E-state index in [1.165, 1.54) is 0 Å². The number of ether oxygens (including phenoxy) is 3. The van der Waals surface area contributed by atoms with Gasteiger partial charge in [-0.05, 0) is 25.1 Å². The van der Waals surface area contributed by atoms with E-state index in [9.17, 15) is 4.79 Å². The van der Waals surface area contributed by atoms with E-state index in [1.54, 1.807) is 13.2 Å². The van der Waals surface area contributed by atoms with E-state index in [2.05, 4.69) is 30.4 Å². The Morgan fingerprint density at radius 2 is 2.06 bits per heavy atom. The van der Waals surface area contributed by atoms with Crippen LogP contribution in [-0.4, -0.2) is 72.6 Å². The van der Waals surface area contributed by atoms with Crippen LogP contribution >= 0.6 is 0 Å². The molecule has 1 aromatic carbocycles. The van der Waals surface area contributed by atoms with Crippen LogP contribution in [0.4, 0.5) is 5.82 Å². The molecule has 0 aliphatic carbocycles. The van der Waals surface area contributed by atoms with Crippen LogP contribution in [0.2, 0.25) is 0 Å². The van der Waals surface area contributed by atoms with Gasteiger partial charge in [-0.1, -0.05) is 12.1 Å². The van der Waals surface area contributed by atoms with Crippen molar-refractivity contribution in [2.75, 3.05) is 51.5 Å². The maximum atomic E-state index is 12.4. The standard InChI is InChI=1S/C22H26N6O4/c1-15-24-20(28-7-10-31-11-8-28)14-21(25-15)32-9-6-23-22(29)19-13-18(26-27-19)16-4-3-5-17(12-16)30-2/h3-5,12-14H,6-11H2,1-2H3,(H,23,29)(H,26,27). The van der Waals surface area contributed by atoms with Gasteiger partial charge in [-0.15, -0.1) is 0 Å². The molecule has 3 heterocycles. The number of hydrogen-bond acceptors (Lipinski definition) is 8. The molecule has 0 unspecified atom stereocenters. The zero-order chi connectivity index (χ0) is 22.3. The summed E-state index contributed by atoms with van der Waals surface area (Å²) >= 11 is 0. The zero-order valence-corrected chi connectivity index (χ0v) is 18.1. The number of nitrogens with one attached hydrogen (secondary N) is 2. The number of carbonyl (C=O) groups excluding carboxylic acids is 1. The molecule has 1 saturated heterocycles. The summed E-state index contributed by atoms with van der Waals surface area (Å²) in [7, 11) is 1.61. The van der Waals surface area contributed by atoms with Gasteiger partial charge in [0.1, 0.15) is 29.7 Å². The van der Waals surface area contributed by atoms with Gasteiger partial charge in [0.15, 0.2) is 0 Å². The number of hydrogen-bond donors (Lipinski definition) is 2. The van der Waals surface area contributed by atoms with Crippen LogP contribution < -0.4 is 19.7 Å². The fourth-order valence-electron chi connectivity index (χ4n) is 3.34. The van der Waals surface area contributed by atoms with E-state index in [1.807, 2.05) is 37.3 Å². The second-order valence-electron chi connectivity index (χ2n) is 7.21. The molecule has 0 radical (unpaired) electrons. The van der Waals surface area contributed by atoms with Gasteiger partial charge in [0.2, 0.25) is 5.88 Å². The summed E-state index contributed by atoms with van der Waals surface area (Å²) in [6.45, 7) is 5.36. The Labute approximate surface area is 185 Å². The van der Waals surface area contributed by atoms with Crippen molar-refractivity contribution in [2.24, 2.45) is 0 Å². The molecule has 0 atom stereocenters. The minimum absolute atomic E-state index is 0.261. The molecule has 2 N–H and O–H groups in total. The number of aryl methyl sites for hydroxylation is 1. The number of carbonyl (C=O) groups is 1. The number of rotatable bonds is 8. The Bertz CT molecular complexity index is 1060. The van der Waals surface area contributed by atoms with Gasteiger partial charge < -0.3 is 24.4 Å². The van der Waals surface area contributed by atoms with Crippen LogP contribution in [0.25, 0.3) is 11.3 Å². The number of H-pyrrole nitrogens is 1. The van der Waals surface area contributed by atoms with Crippen molar-refractivity contribution >= 4 is 11.7 Å². The Morgan fingerprint density at radius 3 is 2.88 bits per heavy atom. The molecule has 1 aliphatic rings. The largest absolute Gasteiger partial charge is 0.497 e. The fraction of sp³-hybridized carbons (Fsp3) is 0.364. The van der Waals surface area contributed by atoms with E-state index >= 15 is 0 Å². The van der Waals surface area contributed by atoms with Gasteiger partial charge >= 0.3 is 0 Å². The van der Waals surface area contributed by atoms with Crippen LogP contribution in [0.3, 0.4) is 0 Å². The molecular weight excluding hydrogens is 412 g/mol. The molecule has 0 spiro atoms. The van der Waals surface area contributed by atoms with Gasteiger partial charge in [0.25, 0.3) is 5.91 Å². The molecule has 10 nitrogen and oxygen atoms in total. The summed E-state index contributed by atoms with van der Waals surface area (Å²) in [6.07, 6.45) is 0. The minimum atomic E-state index is -0.261. The van der Waals surface area contributed by atoms with Gasteiger partial charge in [0, 0.05) is 24.7 Å². The SMILES string of the molecule is COc1cccc(-c2cc(C(=O)NCCOc3cc(N4CCOCC4)nc(C)n3)[nH]n2)c1. The number of anilines is 1. The number of morpholine rings is 1. The van der Waals surface area contributed by atoms with E-state index in [0.717, 1.165) is 30.2 Å². The van der Waals surface area contributed by atoms with Crippen molar-refractivity contribution in [1.29, 1.82) is 0 Å². The molecular formula is C22H26N6O4. The molecule has 4 rings (SSSR count). The topological polar surface area (TPSA) is 114 Å². The summed E-state index contributed by atoms with van der Waals surface area (Å²) in [5, 5.41) is 9.81. The predicted molar refractivity (Wildman–Crippen MR) is 118 cm³/mol. The summed E-state index contributed by atoms with van der Waals surface area (Å²) in [5.41, 5.74) is 1.89. The van der Waals surface area contributed by atoms with E-state index in [-0.39, 0.29) is 12.5 Å². The monoisotopic (exact) mass is 438 g/mol. The number of nitrogens with zero attached hydrogens (tertiary/aromatic N) is 4. The number of aromatic amines is 1. The molecule has 10 heteroatoms. The first kappa shape index (κ1) is 21.6. The highest BCUT2D eigenvalue weighted by Crippen LogP contribution is 2.22. The summed E-state index contributed by atoms with van der Waals surface area (Å²) in [6, 6.07) is 11.0. The number of methoxy groups -OCH3 is 1. The van der Waals surface area contributed by atoms with E-state index < -0.39 is 0 Å². The molecule has 32 heavy (non-hydrogen) atoms. The first-order valence-electron chi connectivity index (χ1n) is 10.4. The third-order valence-electron chi connectivity index (χ3n) is 4.96. The Kier molecular flexibility index (Phi) is 6.81. The maximum absolute atomic E-state index is 12.4. The lowest BCUT2D eigenvalue weighted by molar-refractivity contribution is 0.0941. The van der Waals surface area contributed by atoms with Crippen LogP contribution in [0.1, 0.15) is 16.3 Å². The minimum Gasteiger partial charge on any atom is -0.497 e. The molecule has 1 aliphatic heterocycles. The van der Waals surface area contributed by atoms with Gasteiger partial charge in [-0.2, -0.15) is 10.1 Å². The molecule has 3 aromatic rings. The van der Waals surface area contributed by atoms with E-state index in [4.69, 9.17) is 14.2 Å². The quantitative estimate of drug-likeness (QED) is 0.512. The van der Waals surface area contributed by atoms with E-state index in [0.29, 0.717) is 42.9 Å². The highest BCUT2D eigenvalue weighted by Gasteiger charge is 2.15. The van der Waals surface area contributed by atoms with Crippen molar-refractivity contribution in [2.45, 2.75) is 6.92 Å². The second kappa shape index (κ2) is 10.1. The van der Waals surface area contributed by atoms with Crippen LogP contribution in [0.15, 0.2) is 36.4 Å². The predicted octanol–water partition coefficient (Wildman–Crippen LogP) is 1.83. The average molecular weight is 438 g/mol. The molecule has 0 bridgehead atoms. The van der Waals surface area contributed by atoms with Crippen LogP contribution in [-0.2, 0) is 4.74 Å². The maximum Gasteiger partial charge on any atom is 0.269 e. The Balaban J connectivity index is 1.29. The third-order valence-corrected chi connectivity index (χ3v) is 4.96. The average Bonchev–Trinajstić information content (AvgIpc) is 3.33. The third kappa shape index (κ3) is 5.33. The van der Waals surface area contributed by atoms with Gasteiger partial charge in [0.05, 0.1) is 32.6 Å². The highest BCUT2D eigenvalue weighted by molar-refractivity contribution is 5.93. The number of amides is 1. The zero-order valence-electron chi connectivity index (χ0n) is 18.1. The summed E-state index contributed by atoms with van der Waals surface area (Å²) in [5.74, 6) is 2.40. The van der Waals surface area contributed by atoms with Crippen molar-refractivity contribution < 1.29 is 19.0 Å². The van der Waals surface area contributed by atoms with Gasteiger partial charge in [-0.25, -0.2) is 4.98 Å². The van der Waals surface area contributed by atoms with Crippen molar-refractivity contribution in [3.05, 3.63) is 47.9 Å². The first-order valence-corrected chi connectivity index (χ1v) is 10.4. The smallest absolute Gasteiger partial charge is 0.269 e. The van der Waals surface area contributed by atoms with Crippen LogP contribution in [0.5, 0.6) is 11.6 Å². The fourth-order valence-corrected chi connectivity index (χ4v) is 3.34. The lowest BCUT2D eigenvalue weighted by Crippen LogP contribution is -2.37. The molecule has 1 amide bonds. The van der Waals surface area contributed by atoms with Crippen molar-refractivity contribution in [3.8, 4) is 22.9 Å². The van der Waals surface area contributed by atoms with Crippen molar-refractivity contribution in [3.63, 3.8) is 0 Å². The second-order valence-corrected chi connectivity index (χ2v) is 7.21. The summed E-state index contributed by atoms with van der Waals surface area (Å²) in [4.78, 5) is 23.4. The first-order chi connectivity index (χ1) is 15.6. The normalized spacial score (nSPS) is 13.6. The summed E-state index contributed by atoms with van der Waals surface area (Å²) < 4.78 is 16.4. The molecule has 168 valence electrons. The Hall–Kier alpha value is -3.66. The molecule has 1 fully saturated rings. The van der Waals surface area contributed by atoms with Crippen LogP contribution in [0, 0.1) is 6.92 Å². The highest BCUT2D eigenvalue weighted by atomic mass is 16.5. The molecule has 0 saturated carbocycles. The lowest BCUT2D eigenvalue weighted by atomic mass is 10.1. The van der Waals surface area contributed by atoms with Crippen molar-refractivity contribution in [1.82, 2.24) is 25.5 Å². The molecule has 2 aromatic heterocycles. The lowest BCUT2D eigenvalue weighted by Gasteiger charge is -2.28. The number of benzene rings is 1.